The second kappa shape index (κ2) is 2.82. The topological polar surface area (TPSA) is 29.1 Å². The molecular formula is C6H11NO. The third-order valence-electron chi connectivity index (χ3n) is 1.53. The summed E-state index contributed by atoms with van der Waals surface area (Å²) in [6.45, 7) is 1.98. The molecule has 0 spiro atoms. The predicted octanol–water partition coefficient (Wildman–Crippen LogP) is 0.185. The van der Waals surface area contributed by atoms with E-state index in [1.54, 1.807) is 0 Å². The van der Waals surface area contributed by atoms with Crippen molar-refractivity contribution in [3.05, 3.63) is 0 Å². The van der Waals surface area contributed by atoms with E-state index in [2.05, 4.69) is 5.32 Å². The van der Waals surface area contributed by atoms with Gasteiger partial charge in [-0.2, -0.15) is 0 Å². The van der Waals surface area contributed by atoms with Crippen LogP contribution in [0.3, 0.4) is 0 Å². The van der Waals surface area contributed by atoms with Crippen molar-refractivity contribution in [1.29, 1.82) is 0 Å². The molecule has 1 fully saturated rings. The molecule has 2 heteroatoms. The number of rotatable bonds is 1. The van der Waals surface area contributed by atoms with E-state index in [1.807, 2.05) is 0 Å². The fourth-order valence-electron chi connectivity index (χ4n) is 0.995. The van der Waals surface area contributed by atoms with Gasteiger partial charge in [0.05, 0.1) is 0 Å². The molecule has 0 aromatic carbocycles. The monoisotopic (exact) mass is 113 g/mol. The molecule has 1 saturated heterocycles. The summed E-state index contributed by atoms with van der Waals surface area (Å²) < 4.78 is 0. The average molecular weight is 113 g/mol. The maximum Gasteiger partial charge on any atom is 0.124 e. The lowest BCUT2D eigenvalue weighted by atomic mass is 10.0. The van der Waals surface area contributed by atoms with Gasteiger partial charge in [-0.3, -0.25) is 0 Å². The number of carbonyl (C=O) groups excluding carboxylic acids is 1. The van der Waals surface area contributed by atoms with Gasteiger partial charge in [0.2, 0.25) is 0 Å². The highest BCUT2D eigenvalue weighted by atomic mass is 16.1. The molecule has 0 radical (unpaired) electrons. The van der Waals surface area contributed by atoms with E-state index in [9.17, 15) is 4.79 Å². The van der Waals surface area contributed by atoms with Crippen LogP contribution < -0.4 is 5.32 Å². The first-order chi connectivity index (χ1) is 3.93. The molecule has 1 aliphatic heterocycles. The van der Waals surface area contributed by atoms with Gasteiger partial charge in [-0.15, -0.1) is 0 Å². The van der Waals surface area contributed by atoms with E-state index in [4.69, 9.17) is 0 Å². The summed E-state index contributed by atoms with van der Waals surface area (Å²) in [6.07, 6.45) is 3.28. The molecule has 1 aliphatic rings. The molecule has 0 saturated carbocycles. The molecule has 1 heterocycles. The number of hydrogen-bond donors (Lipinski definition) is 1. The highest BCUT2D eigenvalue weighted by Crippen LogP contribution is 2.05. The molecule has 0 bridgehead atoms. The SMILES string of the molecule is O=C[C@@H]1CCCNC1. The van der Waals surface area contributed by atoms with Crippen molar-refractivity contribution in [1.82, 2.24) is 5.32 Å². The lowest BCUT2D eigenvalue weighted by molar-refractivity contribution is -0.111. The Morgan fingerprint density at radius 2 is 2.50 bits per heavy atom. The molecule has 0 unspecified atom stereocenters. The third kappa shape index (κ3) is 1.30. The highest BCUT2D eigenvalue weighted by Gasteiger charge is 2.09. The standard InChI is InChI=1S/C6H11NO/c8-5-6-2-1-3-7-4-6/h5-7H,1-4H2/t6-/m1/s1. The van der Waals surface area contributed by atoms with Crippen molar-refractivity contribution in [3.63, 3.8) is 0 Å². The van der Waals surface area contributed by atoms with Crippen LogP contribution >= 0.6 is 0 Å². The van der Waals surface area contributed by atoms with Crippen LogP contribution in [0.2, 0.25) is 0 Å². The van der Waals surface area contributed by atoms with E-state index < -0.39 is 0 Å². The fraction of sp³-hybridized carbons (Fsp3) is 0.833. The smallest absolute Gasteiger partial charge is 0.124 e. The number of hydrogen-bond acceptors (Lipinski definition) is 2. The summed E-state index contributed by atoms with van der Waals surface area (Å²) in [5, 5.41) is 3.15. The van der Waals surface area contributed by atoms with E-state index >= 15 is 0 Å². The van der Waals surface area contributed by atoms with Crippen LogP contribution in [-0.4, -0.2) is 19.4 Å². The molecule has 0 amide bonds. The second-order valence-electron chi connectivity index (χ2n) is 2.24. The van der Waals surface area contributed by atoms with Gasteiger partial charge in [0.1, 0.15) is 6.29 Å². The Kier molecular flexibility index (Phi) is 2.03. The van der Waals surface area contributed by atoms with Crippen LogP contribution in [-0.2, 0) is 4.79 Å². The van der Waals surface area contributed by atoms with Gasteiger partial charge in [0.15, 0.2) is 0 Å². The van der Waals surface area contributed by atoms with E-state index in [-0.39, 0.29) is 0 Å². The first-order valence-electron chi connectivity index (χ1n) is 3.09. The van der Waals surface area contributed by atoms with Crippen molar-refractivity contribution in [3.8, 4) is 0 Å². The molecule has 1 atom stereocenters. The summed E-state index contributed by atoms with van der Waals surface area (Å²) in [5.41, 5.74) is 0. The Morgan fingerprint density at radius 3 is 2.88 bits per heavy atom. The summed E-state index contributed by atoms with van der Waals surface area (Å²) in [7, 11) is 0. The van der Waals surface area contributed by atoms with Crippen molar-refractivity contribution >= 4 is 6.29 Å². The molecule has 0 aromatic heterocycles. The van der Waals surface area contributed by atoms with Gasteiger partial charge in [-0.1, -0.05) is 0 Å². The van der Waals surface area contributed by atoms with Crippen LogP contribution in [0.1, 0.15) is 12.8 Å². The normalized spacial score (nSPS) is 29.8. The Labute approximate surface area is 49.3 Å². The Bertz CT molecular complexity index is 76.6. The van der Waals surface area contributed by atoms with Crippen molar-refractivity contribution < 1.29 is 4.79 Å². The van der Waals surface area contributed by atoms with Crippen LogP contribution in [0.4, 0.5) is 0 Å². The van der Waals surface area contributed by atoms with Gasteiger partial charge in [-0.25, -0.2) is 0 Å². The Morgan fingerprint density at radius 1 is 1.62 bits per heavy atom. The predicted molar refractivity (Wildman–Crippen MR) is 31.7 cm³/mol. The van der Waals surface area contributed by atoms with Gasteiger partial charge in [-0.05, 0) is 19.4 Å². The van der Waals surface area contributed by atoms with Gasteiger partial charge in [0.25, 0.3) is 0 Å². The molecule has 1 N–H and O–H groups in total. The molecule has 1 rings (SSSR count). The summed E-state index contributed by atoms with van der Waals surface area (Å²) in [4.78, 5) is 10.1. The van der Waals surface area contributed by atoms with Crippen molar-refractivity contribution in [2.45, 2.75) is 12.8 Å². The lowest BCUT2D eigenvalue weighted by Crippen LogP contribution is -2.30. The zero-order valence-corrected chi connectivity index (χ0v) is 4.89. The molecular weight excluding hydrogens is 102 g/mol. The molecule has 8 heavy (non-hydrogen) atoms. The first-order valence-corrected chi connectivity index (χ1v) is 3.09. The molecule has 46 valence electrons. The Balaban J connectivity index is 2.22. The van der Waals surface area contributed by atoms with Crippen molar-refractivity contribution in [2.24, 2.45) is 5.92 Å². The average Bonchev–Trinajstić information content (AvgIpc) is 1.90. The van der Waals surface area contributed by atoms with Crippen LogP contribution in [0, 0.1) is 5.92 Å². The van der Waals surface area contributed by atoms with E-state index in [1.165, 1.54) is 0 Å². The zero-order valence-electron chi connectivity index (χ0n) is 4.89. The summed E-state index contributed by atoms with van der Waals surface area (Å²) in [6, 6.07) is 0. The largest absolute Gasteiger partial charge is 0.316 e. The van der Waals surface area contributed by atoms with Crippen LogP contribution in [0.5, 0.6) is 0 Å². The van der Waals surface area contributed by atoms with Gasteiger partial charge < -0.3 is 10.1 Å². The molecule has 0 aliphatic carbocycles. The molecule has 0 aromatic rings. The minimum atomic E-state index is 0.295. The fourth-order valence-corrected chi connectivity index (χ4v) is 0.995. The lowest BCUT2D eigenvalue weighted by Gasteiger charge is -2.16. The maximum atomic E-state index is 10.1. The zero-order chi connectivity index (χ0) is 5.82. The highest BCUT2D eigenvalue weighted by molar-refractivity contribution is 5.53. The van der Waals surface area contributed by atoms with Crippen molar-refractivity contribution in [2.75, 3.05) is 13.1 Å². The minimum absolute atomic E-state index is 0.295. The van der Waals surface area contributed by atoms with Crippen LogP contribution in [0.25, 0.3) is 0 Å². The Hall–Kier alpha value is -0.370. The summed E-state index contributed by atoms with van der Waals surface area (Å²) >= 11 is 0. The number of aldehydes is 1. The third-order valence-corrected chi connectivity index (χ3v) is 1.53. The van der Waals surface area contributed by atoms with E-state index in [0.717, 1.165) is 32.2 Å². The summed E-state index contributed by atoms with van der Waals surface area (Å²) in [5.74, 6) is 0.295. The number of carbonyl (C=O) groups is 1. The number of nitrogens with one attached hydrogen (secondary N) is 1. The second-order valence-corrected chi connectivity index (χ2v) is 2.24. The van der Waals surface area contributed by atoms with E-state index in [0.29, 0.717) is 5.92 Å². The quantitative estimate of drug-likeness (QED) is 0.492. The number of piperidine rings is 1. The molecule has 2 nitrogen and oxygen atoms in total. The van der Waals surface area contributed by atoms with Crippen LogP contribution in [0.15, 0.2) is 0 Å². The van der Waals surface area contributed by atoms with Gasteiger partial charge >= 0.3 is 0 Å². The maximum absolute atomic E-state index is 10.1. The van der Waals surface area contributed by atoms with Gasteiger partial charge in [0, 0.05) is 12.5 Å². The minimum Gasteiger partial charge on any atom is -0.316 e. The first kappa shape index (κ1) is 5.76.